The molecule has 20 heavy (non-hydrogen) atoms. The normalized spacial score (nSPS) is 10.1. The third kappa shape index (κ3) is 3.49. The second-order valence-electron chi connectivity index (χ2n) is 3.48. The second kappa shape index (κ2) is 6.24. The van der Waals surface area contributed by atoms with Gasteiger partial charge in [0.25, 0.3) is 5.95 Å². The lowest BCUT2D eigenvalue weighted by Crippen LogP contribution is -2.33. The summed E-state index contributed by atoms with van der Waals surface area (Å²) < 4.78 is 1.36. The number of rotatable bonds is 6. The molecule has 0 unspecified atom stereocenters. The molecule has 0 aliphatic rings. The van der Waals surface area contributed by atoms with Gasteiger partial charge in [0.1, 0.15) is 12.7 Å². The van der Waals surface area contributed by atoms with Gasteiger partial charge in [-0.1, -0.05) is 0 Å². The van der Waals surface area contributed by atoms with Gasteiger partial charge in [-0.25, -0.2) is 15.6 Å². The Morgan fingerprint density at radius 1 is 1.25 bits per heavy atom. The van der Waals surface area contributed by atoms with Crippen molar-refractivity contribution in [3.05, 3.63) is 12.7 Å². The van der Waals surface area contributed by atoms with Crippen molar-refractivity contribution in [2.45, 2.75) is 0 Å². The van der Waals surface area contributed by atoms with Gasteiger partial charge in [0, 0.05) is 13.1 Å². The fraction of sp³-hybridized carbons (Fsp3) is 0.250. The molecular formula is C8H13N11O. The van der Waals surface area contributed by atoms with Crippen molar-refractivity contribution in [1.82, 2.24) is 35.0 Å². The van der Waals surface area contributed by atoms with Crippen molar-refractivity contribution < 1.29 is 4.79 Å². The van der Waals surface area contributed by atoms with Crippen molar-refractivity contribution in [3.63, 3.8) is 0 Å². The number of hydrazine groups is 1. The lowest BCUT2D eigenvalue weighted by atomic mass is 10.6. The Morgan fingerprint density at radius 3 is 2.70 bits per heavy atom. The predicted octanol–water partition coefficient (Wildman–Crippen LogP) is -2.18. The first-order valence-electron chi connectivity index (χ1n) is 5.54. The predicted molar refractivity (Wildman–Crippen MR) is 68.6 cm³/mol. The van der Waals surface area contributed by atoms with Crippen molar-refractivity contribution >= 4 is 17.9 Å². The van der Waals surface area contributed by atoms with E-state index in [4.69, 9.17) is 11.6 Å². The summed E-state index contributed by atoms with van der Waals surface area (Å²) in [6.45, 7) is 0.707. The minimum Gasteiger partial charge on any atom is -0.352 e. The van der Waals surface area contributed by atoms with Crippen LogP contribution in [0.1, 0.15) is 0 Å². The lowest BCUT2D eigenvalue weighted by Gasteiger charge is -2.08. The van der Waals surface area contributed by atoms with Crippen LogP contribution in [0.2, 0.25) is 0 Å². The number of nitrogens with zero attached hydrogens (tertiary/aromatic N) is 6. The number of primary amides is 1. The molecule has 7 N–H and O–H groups in total. The molecule has 0 fully saturated rings. The number of amides is 2. The summed E-state index contributed by atoms with van der Waals surface area (Å²) in [6.07, 6.45) is 2.79. The summed E-state index contributed by atoms with van der Waals surface area (Å²) in [5.74, 6) is 5.96. The molecule has 12 heteroatoms. The van der Waals surface area contributed by atoms with E-state index in [0.717, 1.165) is 0 Å². The van der Waals surface area contributed by atoms with Gasteiger partial charge in [-0.2, -0.15) is 24.7 Å². The number of nitrogen functional groups attached to an aromatic ring is 1. The molecule has 0 atom stereocenters. The number of nitrogens with two attached hydrogens (primary N) is 2. The number of hydrogen-bond acceptors (Lipinski definition) is 9. The molecular weight excluding hydrogens is 266 g/mol. The highest BCUT2D eigenvalue weighted by molar-refractivity contribution is 5.71. The Kier molecular flexibility index (Phi) is 4.18. The van der Waals surface area contributed by atoms with Gasteiger partial charge in [-0.05, 0) is 0 Å². The number of urea groups is 1. The van der Waals surface area contributed by atoms with E-state index in [1.807, 2.05) is 0 Å². The Hall–Kier alpha value is -3.02. The summed E-state index contributed by atoms with van der Waals surface area (Å²) in [7, 11) is 0. The molecule has 2 rings (SSSR count). The molecule has 0 aliphatic carbocycles. The summed E-state index contributed by atoms with van der Waals surface area (Å²) in [6, 6.07) is -0.602. The maximum atomic E-state index is 10.5. The highest BCUT2D eigenvalue weighted by atomic mass is 16.2. The maximum Gasteiger partial charge on any atom is 0.312 e. The van der Waals surface area contributed by atoms with Crippen LogP contribution in [0.3, 0.4) is 0 Å². The molecule has 2 aromatic heterocycles. The van der Waals surface area contributed by atoms with Crippen molar-refractivity contribution in [2.75, 3.05) is 23.8 Å². The molecule has 0 radical (unpaired) electrons. The van der Waals surface area contributed by atoms with Crippen molar-refractivity contribution in [1.29, 1.82) is 0 Å². The van der Waals surface area contributed by atoms with Crippen molar-refractivity contribution in [2.24, 2.45) is 11.6 Å². The van der Waals surface area contributed by atoms with E-state index in [2.05, 4.69) is 41.1 Å². The van der Waals surface area contributed by atoms with Gasteiger partial charge in [-0.3, -0.25) is 5.43 Å². The van der Waals surface area contributed by atoms with Crippen LogP contribution in [-0.2, 0) is 0 Å². The zero-order valence-corrected chi connectivity index (χ0v) is 10.3. The zero-order chi connectivity index (χ0) is 14.4. The topological polar surface area (TPSA) is 175 Å². The number of hydrogen-bond donors (Lipinski definition) is 5. The lowest BCUT2D eigenvalue weighted by molar-refractivity contribution is 0.249. The number of carbonyl (C=O) groups excluding carboxylic acids is 1. The molecule has 12 nitrogen and oxygen atoms in total. The second-order valence-corrected chi connectivity index (χ2v) is 3.48. The average molecular weight is 279 g/mol. The van der Waals surface area contributed by atoms with Gasteiger partial charge in [0.15, 0.2) is 0 Å². The minimum absolute atomic E-state index is 0.163. The highest BCUT2D eigenvalue weighted by Crippen LogP contribution is 2.06. The first-order valence-corrected chi connectivity index (χ1v) is 5.54. The smallest absolute Gasteiger partial charge is 0.312 e. The van der Waals surface area contributed by atoms with E-state index in [9.17, 15) is 4.79 Å². The fourth-order valence-corrected chi connectivity index (χ4v) is 1.28. The highest BCUT2D eigenvalue weighted by Gasteiger charge is 2.07. The van der Waals surface area contributed by atoms with E-state index in [-0.39, 0.29) is 17.8 Å². The molecule has 0 spiro atoms. The van der Waals surface area contributed by atoms with Crippen LogP contribution in [0.15, 0.2) is 12.7 Å². The molecule has 2 heterocycles. The van der Waals surface area contributed by atoms with Crippen LogP contribution >= 0.6 is 0 Å². The van der Waals surface area contributed by atoms with Crippen LogP contribution in [0.4, 0.5) is 16.7 Å². The Labute approximate surface area is 113 Å². The summed E-state index contributed by atoms with van der Waals surface area (Å²) >= 11 is 0. The van der Waals surface area contributed by atoms with Gasteiger partial charge < -0.3 is 16.4 Å². The standard InChI is InChI=1S/C8H13N11O/c9-5(20)12-1-2-13-6-15-7(18-10)17-8(16-6)19-4-11-3-14-19/h3-4H,1-2,10H2,(H3,9,12,20)(H2,13,15,16,17,18). The number of carbonyl (C=O) groups is 1. The van der Waals surface area contributed by atoms with E-state index < -0.39 is 6.03 Å². The van der Waals surface area contributed by atoms with Crippen LogP contribution < -0.4 is 27.6 Å². The summed E-state index contributed by atoms with van der Waals surface area (Å²) in [4.78, 5) is 26.5. The molecule has 0 bridgehead atoms. The van der Waals surface area contributed by atoms with Gasteiger partial charge in [0.2, 0.25) is 11.9 Å². The molecule has 0 aromatic carbocycles. The molecule has 0 saturated heterocycles. The van der Waals surface area contributed by atoms with Crippen LogP contribution in [0.25, 0.3) is 5.95 Å². The molecule has 0 aliphatic heterocycles. The van der Waals surface area contributed by atoms with E-state index in [0.29, 0.717) is 13.1 Å². The van der Waals surface area contributed by atoms with Crippen LogP contribution in [0, 0.1) is 0 Å². The summed E-state index contributed by atoms with van der Waals surface area (Å²) in [5, 5.41) is 9.22. The van der Waals surface area contributed by atoms with Crippen molar-refractivity contribution in [3.8, 4) is 5.95 Å². The Balaban J connectivity index is 2.08. The largest absolute Gasteiger partial charge is 0.352 e. The molecule has 2 amide bonds. The molecule has 2 aromatic rings. The molecule has 0 saturated carbocycles. The first kappa shape index (κ1) is 13.4. The number of aromatic nitrogens is 6. The number of nitrogens with one attached hydrogen (secondary N) is 3. The van der Waals surface area contributed by atoms with E-state index in [1.54, 1.807) is 0 Å². The Bertz CT molecular complexity index is 568. The SMILES string of the molecule is NNc1nc(NCCNC(N)=O)nc(-n2cncn2)n1. The zero-order valence-electron chi connectivity index (χ0n) is 10.3. The summed E-state index contributed by atoms with van der Waals surface area (Å²) in [5.41, 5.74) is 7.27. The van der Waals surface area contributed by atoms with Gasteiger partial charge in [-0.15, -0.1) is 0 Å². The maximum absolute atomic E-state index is 10.5. The fourth-order valence-electron chi connectivity index (χ4n) is 1.28. The third-order valence-corrected chi connectivity index (χ3v) is 2.08. The Morgan fingerprint density at radius 2 is 2.05 bits per heavy atom. The van der Waals surface area contributed by atoms with Crippen LogP contribution in [0.5, 0.6) is 0 Å². The van der Waals surface area contributed by atoms with Gasteiger partial charge in [0.05, 0.1) is 0 Å². The minimum atomic E-state index is -0.602. The number of anilines is 2. The van der Waals surface area contributed by atoms with Crippen LogP contribution in [-0.4, -0.2) is 48.8 Å². The van der Waals surface area contributed by atoms with Gasteiger partial charge >= 0.3 is 6.03 Å². The van der Waals surface area contributed by atoms with E-state index in [1.165, 1.54) is 17.3 Å². The van der Waals surface area contributed by atoms with E-state index >= 15 is 0 Å². The third-order valence-electron chi connectivity index (χ3n) is 2.08. The molecule has 106 valence electrons. The monoisotopic (exact) mass is 279 g/mol. The quantitative estimate of drug-likeness (QED) is 0.223. The average Bonchev–Trinajstić information content (AvgIpc) is 2.97. The first-order chi connectivity index (χ1) is 9.69.